The van der Waals surface area contributed by atoms with Gasteiger partial charge in [0.2, 0.25) is 5.88 Å². The number of carbonyl (C=O) groups excluding carboxylic acids is 2. The van der Waals surface area contributed by atoms with E-state index in [1.165, 1.54) is 11.3 Å². The summed E-state index contributed by atoms with van der Waals surface area (Å²) in [6.45, 7) is 5.03. The first-order valence-electron chi connectivity index (χ1n) is 12.2. The Morgan fingerprint density at radius 3 is 2.94 bits per heavy atom. The highest BCUT2D eigenvalue weighted by atomic mass is 32.1. The summed E-state index contributed by atoms with van der Waals surface area (Å²) in [6, 6.07) is 8.10. The van der Waals surface area contributed by atoms with Crippen LogP contribution in [-0.4, -0.2) is 50.4 Å². The number of likely N-dealkylation sites (tertiary alicyclic amines) is 1. The zero-order valence-electron chi connectivity index (χ0n) is 20.1. The SMILES string of the molecule is Cc1cccc(-c2sc(C)nc2C(=O)N2C[C@@H]3CCC[C@@H]3[C@H]2CNC(=O)Oc2cn3ccsc3n2)c1. The van der Waals surface area contributed by atoms with Crippen molar-refractivity contribution in [2.75, 3.05) is 13.1 Å². The third kappa shape index (κ3) is 4.28. The quantitative estimate of drug-likeness (QED) is 0.392. The molecule has 0 spiro atoms. The minimum atomic E-state index is -0.556. The van der Waals surface area contributed by atoms with Crippen molar-refractivity contribution >= 4 is 39.6 Å². The number of amides is 2. The molecule has 186 valence electrons. The van der Waals surface area contributed by atoms with Crippen LogP contribution in [0.5, 0.6) is 5.88 Å². The molecule has 4 aromatic rings. The maximum atomic E-state index is 13.9. The standard InChI is InChI=1S/C26H27N5O3S2/c1-15-5-3-6-17(11-15)23-22(28-16(2)36-23)24(32)31-13-18-7-4-8-19(18)20(31)12-27-26(33)34-21-14-30-9-10-35-25(30)29-21/h3,5-6,9-11,14,18-20H,4,7-8,12-13H2,1-2H3,(H,27,33)/t18-,19-,20+/m0/s1. The van der Waals surface area contributed by atoms with Gasteiger partial charge in [-0.2, -0.15) is 4.98 Å². The Balaban J connectivity index is 1.20. The molecule has 2 fully saturated rings. The minimum Gasteiger partial charge on any atom is -0.390 e. The Bertz CT molecular complexity index is 1410. The molecule has 3 aromatic heterocycles. The van der Waals surface area contributed by atoms with Crippen LogP contribution in [0.15, 0.2) is 42.0 Å². The van der Waals surface area contributed by atoms with Gasteiger partial charge in [0.25, 0.3) is 5.91 Å². The monoisotopic (exact) mass is 521 g/mol. The summed E-state index contributed by atoms with van der Waals surface area (Å²) in [5.74, 6) is 1.03. The van der Waals surface area contributed by atoms with Gasteiger partial charge in [-0.25, -0.2) is 9.78 Å². The van der Waals surface area contributed by atoms with E-state index in [1.54, 1.807) is 17.5 Å². The lowest BCUT2D eigenvalue weighted by atomic mass is 9.94. The van der Waals surface area contributed by atoms with Crippen LogP contribution in [0.25, 0.3) is 15.4 Å². The molecule has 1 aliphatic carbocycles. The lowest BCUT2D eigenvalue weighted by Gasteiger charge is -2.28. The number of benzene rings is 1. The van der Waals surface area contributed by atoms with Crippen LogP contribution < -0.4 is 10.1 Å². The Morgan fingerprint density at radius 1 is 1.22 bits per heavy atom. The van der Waals surface area contributed by atoms with Crippen molar-refractivity contribution in [2.45, 2.75) is 39.2 Å². The molecule has 1 aromatic carbocycles. The average Bonchev–Trinajstić information content (AvgIpc) is 3.64. The van der Waals surface area contributed by atoms with E-state index in [2.05, 4.69) is 21.4 Å². The first-order valence-corrected chi connectivity index (χ1v) is 13.9. The van der Waals surface area contributed by atoms with Crippen molar-refractivity contribution < 1.29 is 14.3 Å². The van der Waals surface area contributed by atoms with Crippen LogP contribution in [0.4, 0.5) is 4.79 Å². The summed E-state index contributed by atoms with van der Waals surface area (Å²) < 4.78 is 7.23. The predicted octanol–water partition coefficient (Wildman–Crippen LogP) is 5.17. The van der Waals surface area contributed by atoms with E-state index < -0.39 is 6.09 Å². The molecule has 8 nitrogen and oxygen atoms in total. The van der Waals surface area contributed by atoms with Gasteiger partial charge in [-0.15, -0.1) is 22.7 Å². The lowest BCUT2D eigenvalue weighted by molar-refractivity contribution is 0.0706. The highest BCUT2D eigenvalue weighted by Crippen LogP contribution is 2.43. The highest BCUT2D eigenvalue weighted by Gasteiger charge is 2.46. The van der Waals surface area contributed by atoms with Crippen LogP contribution >= 0.6 is 22.7 Å². The predicted molar refractivity (Wildman–Crippen MR) is 140 cm³/mol. The second-order valence-electron chi connectivity index (χ2n) is 9.60. The third-order valence-electron chi connectivity index (χ3n) is 7.25. The van der Waals surface area contributed by atoms with E-state index in [4.69, 9.17) is 4.74 Å². The van der Waals surface area contributed by atoms with Crippen molar-refractivity contribution in [1.29, 1.82) is 0 Å². The topological polar surface area (TPSA) is 88.8 Å². The molecule has 0 radical (unpaired) electrons. The van der Waals surface area contributed by atoms with Gasteiger partial charge in [-0.3, -0.25) is 9.20 Å². The summed E-state index contributed by atoms with van der Waals surface area (Å²) >= 11 is 3.02. The number of hydrogen-bond acceptors (Lipinski definition) is 7. The number of aryl methyl sites for hydroxylation is 2. The summed E-state index contributed by atoms with van der Waals surface area (Å²) in [5.41, 5.74) is 2.67. The first-order chi connectivity index (χ1) is 17.5. The summed E-state index contributed by atoms with van der Waals surface area (Å²) in [7, 11) is 0. The van der Waals surface area contributed by atoms with E-state index in [-0.39, 0.29) is 17.8 Å². The number of carbonyl (C=O) groups is 2. The number of nitrogens with one attached hydrogen (secondary N) is 1. The van der Waals surface area contributed by atoms with Crippen LogP contribution in [0, 0.1) is 25.7 Å². The van der Waals surface area contributed by atoms with E-state index in [0.29, 0.717) is 30.6 Å². The molecule has 4 heterocycles. The minimum absolute atomic E-state index is 0.0558. The van der Waals surface area contributed by atoms with Crippen molar-refractivity contribution in [3.8, 4) is 16.3 Å². The number of fused-ring (bicyclic) bond motifs is 2. The van der Waals surface area contributed by atoms with Crippen molar-refractivity contribution in [3.63, 3.8) is 0 Å². The van der Waals surface area contributed by atoms with Gasteiger partial charge in [-0.05, 0) is 44.1 Å². The fourth-order valence-corrected chi connectivity index (χ4v) is 7.28. The number of aromatic nitrogens is 3. The molecule has 1 saturated heterocycles. The Kier molecular flexibility index (Phi) is 6.00. The number of imidazole rings is 1. The molecule has 10 heteroatoms. The lowest BCUT2D eigenvalue weighted by Crippen LogP contribution is -2.46. The zero-order valence-corrected chi connectivity index (χ0v) is 21.8. The highest BCUT2D eigenvalue weighted by molar-refractivity contribution is 7.15. The summed E-state index contributed by atoms with van der Waals surface area (Å²) in [4.78, 5) is 39.1. The molecule has 0 bridgehead atoms. The Labute approximate surface area is 216 Å². The normalized spacial score (nSPS) is 21.2. The van der Waals surface area contributed by atoms with E-state index in [1.807, 2.05) is 52.9 Å². The molecule has 2 amide bonds. The first kappa shape index (κ1) is 23.2. The molecule has 0 unspecified atom stereocenters. The molecular formula is C26H27N5O3S2. The summed E-state index contributed by atoms with van der Waals surface area (Å²) in [5, 5.41) is 5.69. The zero-order chi connectivity index (χ0) is 24.8. The molecule has 2 aliphatic rings. The second kappa shape index (κ2) is 9.33. The van der Waals surface area contributed by atoms with Crippen LogP contribution in [0.3, 0.4) is 0 Å². The van der Waals surface area contributed by atoms with E-state index in [0.717, 1.165) is 45.2 Å². The average molecular weight is 522 g/mol. The number of hydrogen-bond donors (Lipinski definition) is 1. The second-order valence-corrected chi connectivity index (χ2v) is 11.7. The fraction of sp³-hybridized carbons (Fsp3) is 0.385. The molecule has 1 aliphatic heterocycles. The van der Waals surface area contributed by atoms with E-state index >= 15 is 0 Å². The van der Waals surface area contributed by atoms with Gasteiger partial charge >= 0.3 is 6.09 Å². The fourth-order valence-electron chi connectivity index (χ4n) is 5.68. The smallest absolute Gasteiger partial charge is 0.390 e. The van der Waals surface area contributed by atoms with Gasteiger partial charge < -0.3 is 15.0 Å². The number of ether oxygens (including phenoxy) is 1. The Hall–Kier alpha value is -3.24. The summed E-state index contributed by atoms with van der Waals surface area (Å²) in [6.07, 6.45) is 6.33. The van der Waals surface area contributed by atoms with E-state index in [9.17, 15) is 9.59 Å². The van der Waals surface area contributed by atoms with Crippen molar-refractivity contribution in [2.24, 2.45) is 11.8 Å². The molecule has 36 heavy (non-hydrogen) atoms. The third-order valence-corrected chi connectivity index (χ3v) is 9.04. The van der Waals surface area contributed by atoms with Gasteiger partial charge in [0.15, 0.2) is 4.96 Å². The van der Waals surface area contributed by atoms with Gasteiger partial charge in [0.1, 0.15) is 5.69 Å². The van der Waals surface area contributed by atoms with Crippen molar-refractivity contribution in [3.05, 3.63) is 58.3 Å². The van der Waals surface area contributed by atoms with Gasteiger partial charge in [0.05, 0.1) is 22.1 Å². The largest absolute Gasteiger partial charge is 0.414 e. The van der Waals surface area contributed by atoms with Gasteiger partial charge in [-0.1, -0.05) is 36.2 Å². The van der Waals surface area contributed by atoms with Crippen molar-refractivity contribution in [1.82, 2.24) is 24.6 Å². The maximum absolute atomic E-state index is 13.9. The van der Waals surface area contributed by atoms with Crippen LogP contribution in [0.2, 0.25) is 0 Å². The molecule has 1 saturated carbocycles. The molecule has 3 atom stereocenters. The maximum Gasteiger partial charge on any atom is 0.414 e. The number of thiazole rings is 2. The van der Waals surface area contributed by atoms with Crippen LogP contribution in [0.1, 0.15) is 40.3 Å². The Morgan fingerprint density at radius 2 is 2.11 bits per heavy atom. The van der Waals surface area contributed by atoms with Crippen LogP contribution in [-0.2, 0) is 0 Å². The van der Waals surface area contributed by atoms with Gasteiger partial charge in [0, 0.05) is 24.7 Å². The molecular weight excluding hydrogens is 494 g/mol. The number of nitrogens with zero attached hydrogens (tertiary/aromatic N) is 4. The number of rotatable bonds is 5. The molecule has 1 N–H and O–H groups in total. The molecule has 6 rings (SSSR count).